The normalized spacial score (nSPS) is 20.8. The Balaban J connectivity index is 1.51. The van der Waals surface area contributed by atoms with E-state index in [1.807, 2.05) is 0 Å². The van der Waals surface area contributed by atoms with Crippen molar-refractivity contribution in [1.29, 1.82) is 0 Å². The molecule has 22 heavy (non-hydrogen) atoms. The molecule has 0 radical (unpaired) electrons. The molecule has 0 bridgehead atoms. The monoisotopic (exact) mass is 320 g/mol. The highest BCUT2D eigenvalue weighted by atomic mass is 32.1. The maximum atomic E-state index is 12.1. The Morgan fingerprint density at radius 1 is 1.23 bits per heavy atom. The van der Waals surface area contributed by atoms with Crippen molar-refractivity contribution in [3.8, 4) is 0 Å². The fraction of sp³-hybridized carbons (Fsp3) is 0.429. The first-order valence-electron chi connectivity index (χ1n) is 7.03. The van der Waals surface area contributed by atoms with E-state index in [-0.39, 0.29) is 23.9 Å². The van der Waals surface area contributed by atoms with E-state index in [1.54, 1.807) is 17.8 Å². The van der Waals surface area contributed by atoms with Gasteiger partial charge in [-0.3, -0.25) is 9.59 Å². The number of nitrogens with zero attached hydrogens (tertiary/aromatic N) is 2. The molecule has 2 amide bonds. The van der Waals surface area contributed by atoms with Crippen LogP contribution in [0.4, 0.5) is 0 Å². The zero-order valence-electron chi connectivity index (χ0n) is 12.0. The molecular formula is C14H16N4O3S. The molecule has 8 heteroatoms. The Hall–Kier alpha value is -2.22. The van der Waals surface area contributed by atoms with Crippen LogP contribution in [0.15, 0.2) is 21.7 Å². The van der Waals surface area contributed by atoms with E-state index in [9.17, 15) is 9.59 Å². The summed E-state index contributed by atoms with van der Waals surface area (Å²) < 4.78 is 5.03. The molecule has 0 aliphatic heterocycles. The van der Waals surface area contributed by atoms with Crippen LogP contribution in [0.2, 0.25) is 0 Å². The summed E-state index contributed by atoms with van der Waals surface area (Å²) in [6.07, 6.45) is 3.62. The number of hydrogen-bond acceptors (Lipinski definition) is 6. The van der Waals surface area contributed by atoms with Crippen LogP contribution in [0, 0.1) is 6.92 Å². The summed E-state index contributed by atoms with van der Waals surface area (Å²) in [5.41, 5.74) is 2.39. The predicted molar refractivity (Wildman–Crippen MR) is 79.7 cm³/mol. The molecule has 116 valence electrons. The molecule has 1 aliphatic rings. The molecule has 0 aromatic carbocycles. The van der Waals surface area contributed by atoms with Crippen LogP contribution in [0.5, 0.6) is 0 Å². The fourth-order valence-electron chi connectivity index (χ4n) is 2.60. The molecule has 2 heterocycles. The summed E-state index contributed by atoms with van der Waals surface area (Å²) in [5, 5.41) is 7.60. The van der Waals surface area contributed by atoms with Gasteiger partial charge in [0.15, 0.2) is 12.1 Å². The maximum absolute atomic E-state index is 12.1. The van der Waals surface area contributed by atoms with Crippen molar-refractivity contribution in [1.82, 2.24) is 20.6 Å². The SMILES string of the molecule is Cc1ocnc1C(=O)N[C@H]1CC[C@@H](NC(=O)c2cscn2)C1. The van der Waals surface area contributed by atoms with Crippen LogP contribution in [-0.2, 0) is 0 Å². The molecule has 2 aromatic heterocycles. The van der Waals surface area contributed by atoms with Crippen LogP contribution >= 0.6 is 11.3 Å². The Labute approximate surface area is 131 Å². The highest BCUT2D eigenvalue weighted by Crippen LogP contribution is 2.20. The third-order valence-electron chi connectivity index (χ3n) is 3.73. The Kier molecular flexibility index (Phi) is 4.19. The van der Waals surface area contributed by atoms with Gasteiger partial charge in [0.1, 0.15) is 11.5 Å². The standard InChI is InChI=1S/C14H16N4O3S/c1-8-12(15-6-21-8)14(20)18-10-3-2-9(4-10)17-13(19)11-5-22-7-16-11/h5-7,9-10H,2-4H2,1H3,(H,17,19)(H,18,20)/t9-,10+/m1/s1. The van der Waals surface area contributed by atoms with Crippen LogP contribution in [0.1, 0.15) is 46.0 Å². The van der Waals surface area contributed by atoms with E-state index in [0.717, 1.165) is 12.8 Å². The minimum Gasteiger partial charge on any atom is -0.448 e. The van der Waals surface area contributed by atoms with Crippen molar-refractivity contribution < 1.29 is 14.0 Å². The molecule has 2 N–H and O–H groups in total. The molecule has 0 spiro atoms. The highest BCUT2D eigenvalue weighted by molar-refractivity contribution is 7.07. The summed E-state index contributed by atoms with van der Waals surface area (Å²) in [6, 6.07) is 0.0854. The molecule has 1 fully saturated rings. The Morgan fingerprint density at radius 3 is 2.55 bits per heavy atom. The van der Waals surface area contributed by atoms with Gasteiger partial charge >= 0.3 is 0 Å². The van der Waals surface area contributed by atoms with Crippen LogP contribution in [0.3, 0.4) is 0 Å². The lowest BCUT2D eigenvalue weighted by Gasteiger charge is -2.13. The molecule has 7 nitrogen and oxygen atoms in total. The van der Waals surface area contributed by atoms with Gasteiger partial charge in [0, 0.05) is 17.5 Å². The van der Waals surface area contributed by atoms with Gasteiger partial charge in [-0.15, -0.1) is 11.3 Å². The molecule has 0 unspecified atom stereocenters. The summed E-state index contributed by atoms with van der Waals surface area (Å²) in [6.45, 7) is 1.70. The van der Waals surface area contributed by atoms with Crippen molar-refractivity contribution in [3.63, 3.8) is 0 Å². The number of rotatable bonds is 4. The average Bonchev–Trinajstić information content (AvgIpc) is 3.20. The summed E-state index contributed by atoms with van der Waals surface area (Å²) in [7, 11) is 0. The zero-order chi connectivity index (χ0) is 15.5. The number of carbonyl (C=O) groups excluding carboxylic acids is 2. The molecule has 1 saturated carbocycles. The number of carbonyl (C=O) groups is 2. The van der Waals surface area contributed by atoms with Gasteiger partial charge in [-0.1, -0.05) is 0 Å². The van der Waals surface area contributed by atoms with Gasteiger partial charge in [0.2, 0.25) is 0 Å². The smallest absolute Gasteiger partial charge is 0.273 e. The lowest BCUT2D eigenvalue weighted by molar-refractivity contribution is 0.0931. The number of thiazole rings is 1. The van der Waals surface area contributed by atoms with Crippen LogP contribution < -0.4 is 10.6 Å². The quantitative estimate of drug-likeness (QED) is 0.890. The van der Waals surface area contributed by atoms with Gasteiger partial charge < -0.3 is 15.1 Å². The first-order valence-corrected chi connectivity index (χ1v) is 7.97. The van der Waals surface area contributed by atoms with Crippen molar-refractivity contribution in [2.24, 2.45) is 0 Å². The fourth-order valence-corrected chi connectivity index (χ4v) is 3.14. The number of amides is 2. The van der Waals surface area contributed by atoms with Gasteiger partial charge in [0.25, 0.3) is 11.8 Å². The Morgan fingerprint density at radius 2 is 1.95 bits per heavy atom. The second-order valence-corrected chi connectivity index (χ2v) is 6.00. The van der Waals surface area contributed by atoms with Crippen LogP contribution in [0.25, 0.3) is 0 Å². The number of oxazole rings is 1. The van der Waals surface area contributed by atoms with Crippen LogP contribution in [-0.4, -0.2) is 33.9 Å². The average molecular weight is 320 g/mol. The molecule has 0 saturated heterocycles. The maximum Gasteiger partial charge on any atom is 0.273 e. The molecule has 2 aromatic rings. The number of hydrogen-bond donors (Lipinski definition) is 2. The second-order valence-electron chi connectivity index (χ2n) is 5.28. The number of aryl methyl sites for hydroxylation is 1. The molecule has 1 aliphatic carbocycles. The first-order chi connectivity index (χ1) is 10.6. The van der Waals surface area contributed by atoms with E-state index < -0.39 is 0 Å². The van der Waals surface area contributed by atoms with Crippen molar-refractivity contribution in [2.45, 2.75) is 38.3 Å². The topological polar surface area (TPSA) is 97.1 Å². The number of aromatic nitrogens is 2. The van der Waals surface area contributed by atoms with Crippen molar-refractivity contribution in [3.05, 3.63) is 34.4 Å². The van der Waals surface area contributed by atoms with E-state index >= 15 is 0 Å². The third-order valence-corrected chi connectivity index (χ3v) is 4.31. The molecule has 2 atom stereocenters. The lowest BCUT2D eigenvalue weighted by atomic mass is 10.2. The van der Waals surface area contributed by atoms with Gasteiger partial charge in [-0.25, -0.2) is 9.97 Å². The van der Waals surface area contributed by atoms with Gasteiger partial charge in [-0.05, 0) is 26.2 Å². The van der Waals surface area contributed by atoms with E-state index in [2.05, 4.69) is 20.6 Å². The Bertz CT molecular complexity index is 667. The third kappa shape index (κ3) is 3.16. The number of nitrogens with one attached hydrogen (secondary N) is 2. The summed E-state index contributed by atoms with van der Waals surface area (Å²) in [4.78, 5) is 31.9. The second kappa shape index (κ2) is 6.27. The molecule has 3 rings (SSSR count). The molecular weight excluding hydrogens is 304 g/mol. The minimum absolute atomic E-state index is 0.0318. The minimum atomic E-state index is -0.234. The van der Waals surface area contributed by atoms with Gasteiger partial charge in [0.05, 0.1) is 5.51 Å². The van der Waals surface area contributed by atoms with Crippen molar-refractivity contribution in [2.75, 3.05) is 0 Å². The highest BCUT2D eigenvalue weighted by Gasteiger charge is 2.28. The van der Waals surface area contributed by atoms with Gasteiger partial charge in [-0.2, -0.15) is 0 Å². The predicted octanol–water partition coefficient (Wildman–Crippen LogP) is 1.52. The van der Waals surface area contributed by atoms with Crippen molar-refractivity contribution >= 4 is 23.2 Å². The summed E-state index contributed by atoms with van der Waals surface area (Å²) >= 11 is 1.39. The largest absolute Gasteiger partial charge is 0.448 e. The van der Waals surface area contributed by atoms with E-state index in [4.69, 9.17) is 4.42 Å². The lowest BCUT2D eigenvalue weighted by Crippen LogP contribution is -2.37. The first kappa shape index (κ1) is 14.7. The van der Waals surface area contributed by atoms with E-state index in [1.165, 1.54) is 17.7 Å². The van der Waals surface area contributed by atoms with E-state index in [0.29, 0.717) is 23.6 Å². The zero-order valence-corrected chi connectivity index (χ0v) is 12.9. The summed E-state index contributed by atoms with van der Waals surface area (Å²) in [5.74, 6) is 0.109.